The van der Waals surface area contributed by atoms with Crippen LogP contribution in [0.1, 0.15) is 25.3 Å². The van der Waals surface area contributed by atoms with E-state index in [9.17, 15) is 9.18 Å². The van der Waals surface area contributed by atoms with Crippen molar-refractivity contribution in [1.82, 2.24) is 10.2 Å². The number of hydrogen-bond donors (Lipinski definition) is 4. The second-order valence-electron chi connectivity index (χ2n) is 7.75. The molecule has 9 nitrogen and oxygen atoms in total. The Morgan fingerprint density at radius 2 is 2.19 bits per heavy atom. The number of nitrogens with one attached hydrogen (secondary N) is 1. The number of nitrogen functional groups attached to an aromatic ring is 1. The van der Waals surface area contributed by atoms with Gasteiger partial charge in [-0.05, 0) is 18.6 Å². The van der Waals surface area contributed by atoms with Crippen LogP contribution in [0.25, 0.3) is 5.57 Å². The van der Waals surface area contributed by atoms with Crippen LogP contribution in [-0.2, 0) is 9.53 Å². The summed E-state index contributed by atoms with van der Waals surface area (Å²) in [5.41, 5.74) is 20.8. The van der Waals surface area contributed by atoms with Gasteiger partial charge in [-0.3, -0.25) is 9.79 Å². The highest BCUT2D eigenvalue weighted by atomic mass is 19.1. The molecule has 1 aromatic carbocycles. The third-order valence-electron chi connectivity index (χ3n) is 5.53. The number of anilines is 1. The normalized spacial score (nSPS) is 20.3. The largest absolute Gasteiger partial charge is 0.404 e. The summed E-state index contributed by atoms with van der Waals surface area (Å²) in [5, 5.41) is 3.47. The van der Waals surface area contributed by atoms with E-state index >= 15 is 0 Å². The molecule has 172 valence electrons. The number of carbonyl (C=O) groups is 1. The first-order valence-electron chi connectivity index (χ1n) is 10.4. The van der Waals surface area contributed by atoms with E-state index in [0.29, 0.717) is 55.1 Å². The van der Waals surface area contributed by atoms with Crippen LogP contribution < -0.4 is 22.5 Å². The van der Waals surface area contributed by atoms with Crippen molar-refractivity contribution in [3.05, 3.63) is 41.0 Å². The fourth-order valence-corrected chi connectivity index (χ4v) is 3.77. The minimum atomic E-state index is -0.598. The summed E-state index contributed by atoms with van der Waals surface area (Å²) in [7, 11) is 1.58. The Hall–Kier alpha value is -3.40. The molecule has 1 amide bonds. The van der Waals surface area contributed by atoms with Crippen LogP contribution in [0.5, 0.6) is 0 Å². The number of amidine groups is 1. The monoisotopic (exact) mass is 443 g/mol. The summed E-state index contributed by atoms with van der Waals surface area (Å²) < 4.78 is 20.3. The van der Waals surface area contributed by atoms with E-state index < -0.39 is 5.82 Å². The number of hydrogen-bond acceptors (Lipinski definition) is 7. The standard InChI is InChI=1S/C22H30FN7O2/c1-13(31)30-5-3-20(28-15-4-6-32-12-15)17(11-30)22(26)29-21-8-19(25)16(7-18(21)23)14(9-24)10-27-2/h7-10,15,28H,3-6,11-12,24-25H2,1-2H3,(H2,26,29). The number of benzene rings is 1. The number of halogens is 1. The maximum Gasteiger partial charge on any atom is 0.219 e. The van der Waals surface area contributed by atoms with Crippen LogP contribution in [0.3, 0.4) is 0 Å². The van der Waals surface area contributed by atoms with Crippen molar-refractivity contribution >= 4 is 34.9 Å². The Bertz CT molecular complexity index is 994. The number of ether oxygens (including phenoxy) is 1. The van der Waals surface area contributed by atoms with Crippen molar-refractivity contribution in [3.8, 4) is 0 Å². The summed E-state index contributed by atoms with van der Waals surface area (Å²) in [5.74, 6) is -0.523. The van der Waals surface area contributed by atoms with Gasteiger partial charge in [0.05, 0.1) is 19.2 Å². The van der Waals surface area contributed by atoms with Crippen molar-refractivity contribution in [3.63, 3.8) is 0 Å². The van der Waals surface area contributed by atoms with Crippen molar-refractivity contribution in [2.24, 2.45) is 21.5 Å². The van der Waals surface area contributed by atoms with Crippen molar-refractivity contribution in [1.29, 1.82) is 0 Å². The predicted molar refractivity (Wildman–Crippen MR) is 125 cm³/mol. The fraction of sp³-hybridized carbons (Fsp3) is 0.409. The first-order valence-corrected chi connectivity index (χ1v) is 10.4. The molecule has 0 radical (unpaired) electrons. The third kappa shape index (κ3) is 5.25. The number of carbonyl (C=O) groups excluding carboxylic acids is 1. The second kappa shape index (κ2) is 10.3. The Morgan fingerprint density at radius 1 is 1.41 bits per heavy atom. The van der Waals surface area contributed by atoms with E-state index in [1.165, 1.54) is 31.5 Å². The Balaban J connectivity index is 1.97. The van der Waals surface area contributed by atoms with Gasteiger partial charge in [-0.2, -0.15) is 0 Å². The van der Waals surface area contributed by atoms with Gasteiger partial charge in [0.15, 0.2) is 0 Å². The zero-order valence-corrected chi connectivity index (χ0v) is 18.4. The molecule has 2 aliphatic heterocycles. The minimum absolute atomic E-state index is 0.00422. The molecule has 0 spiro atoms. The Kier molecular flexibility index (Phi) is 7.47. The van der Waals surface area contributed by atoms with Crippen LogP contribution in [0.2, 0.25) is 0 Å². The highest BCUT2D eigenvalue weighted by Gasteiger charge is 2.26. The van der Waals surface area contributed by atoms with Crippen LogP contribution in [-0.4, -0.2) is 62.3 Å². The zero-order valence-electron chi connectivity index (χ0n) is 18.4. The van der Waals surface area contributed by atoms with Gasteiger partial charge < -0.3 is 32.2 Å². The number of amides is 1. The highest BCUT2D eigenvalue weighted by Crippen LogP contribution is 2.29. The molecule has 3 rings (SSSR count). The van der Waals surface area contributed by atoms with Gasteiger partial charge in [0.25, 0.3) is 0 Å². The molecule has 0 aromatic heterocycles. The molecule has 2 aliphatic rings. The Morgan fingerprint density at radius 3 is 2.81 bits per heavy atom. The van der Waals surface area contributed by atoms with Gasteiger partial charge in [0.1, 0.15) is 17.3 Å². The van der Waals surface area contributed by atoms with Gasteiger partial charge in [0, 0.05) is 74.1 Å². The van der Waals surface area contributed by atoms with Crippen LogP contribution in [0.4, 0.5) is 15.8 Å². The summed E-state index contributed by atoms with van der Waals surface area (Å²) in [6.45, 7) is 3.68. The zero-order chi connectivity index (χ0) is 23.3. The third-order valence-corrected chi connectivity index (χ3v) is 5.53. The topological polar surface area (TPSA) is 144 Å². The molecule has 7 N–H and O–H groups in total. The van der Waals surface area contributed by atoms with Crippen molar-refractivity contribution < 1.29 is 13.9 Å². The molecule has 1 saturated heterocycles. The van der Waals surface area contributed by atoms with E-state index in [1.54, 1.807) is 11.9 Å². The smallest absolute Gasteiger partial charge is 0.219 e. The first kappa shape index (κ1) is 23.3. The number of aliphatic imine (C=N–C) groups is 2. The molecule has 1 aromatic rings. The number of allylic oxidation sites excluding steroid dienone is 1. The van der Waals surface area contributed by atoms with Crippen molar-refractivity contribution in [2.75, 3.05) is 39.1 Å². The van der Waals surface area contributed by atoms with Gasteiger partial charge >= 0.3 is 0 Å². The molecular weight excluding hydrogens is 413 g/mol. The van der Waals surface area contributed by atoms with Crippen LogP contribution in [0.15, 0.2) is 39.6 Å². The second-order valence-corrected chi connectivity index (χ2v) is 7.75. The lowest BCUT2D eigenvalue weighted by atomic mass is 10.0. The molecule has 1 atom stereocenters. The van der Waals surface area contributed by atoms with E-state index in [0.717, 1.165) is 12.1 Å². The summed E-state index contributed by atoms with van der Waals surface area (Å²) >= 11 is 0. The summed E-state index contributed by atoms with van der Waals surface area (Å²) in [4.78, 5) is 21.8. The average Bonchev–Trinajstić information content (AvgIpc) is 3.27. The lowest BCUT2D eigenvalue weighted by Crippen LogP contribution is -2.43. The maximum atomic E-state index is 14.9. The lowest BCUT2D eigenvalue weighted by Gasteiger charge is -2.31. The molecule has 0 aliphatic carbocycles. The van der Waals surface area contributed by atoms with Crippen LogP contribution in [0, 0.1) is 5.82 Å². The van der Waals surface area contributed by atoms with Gasteiger partial charge in [-0.25, -0.2) is 9.38 Å². The molecule has 0 saturated carbocycles. The van der Waals surface area contributed by atoms with Gasteiger partial charge in [0.2, 0.25) is 5.91 Å². The van der Waals surface area contributed by atoms with E-state index in [-0.39, 0.29) is 23.5 Å². The molecule has 1 fully saturated rings. The fourth-order valence-electron chi connectivity index (χ4n) is 3.77. The molecule has 0 bridgehead atoms. The molecule has 32 heavy (non-hydrogen) atoms. The highest BCUT2D eigenvalue weighted by molar-refractivity contribution is 6.11. The lowest BCUT2D eigenvalue weighted by molar-refractivity contribution is -0.128. The van der Waals surface area contributed by atoms with E-state index in [1.807, 2.05) is 0 Å². The van der Waals surface area contributed by atoms with Gasteiger partial charge in [-0.1, -0.05) is 0 Å². The Labute approximate surface area is 186 Å². The molecule has 10 heteroatoms. The number of rotatable bonds is 6. The number of nitrogens with zero attached hydrogens (tertiary/aromatic N) is 3. The maximum absolute atomic E-state index is 14.9. The number of nitrogens with two attached hydrogens (primary N) is 3. The molecule has 1 unspecified atom stereocenters. The quantitative estimate of drug-likeness (QED) is 0.296. The van der Waals surface area contributed by atoms with Gasteiger partial charge in [-0.15, -0.1) is 0 Å². The predicted octanol–water partition coefficient (Wildman–Crippen LogP) is 1.28. The van der Waals surface area contributed by atoms with Crippen LogP contribution >= 0.6 is 0 Å². The first-order chi connectivity index (χ1) is 15.3. The van der Waals surface area contributed by atoms with Crippen molar-refractivity contribution in [2.45, 2.75) is 25.8 Å². The SMILES string of the molecule is CN=CC(=CN)c1cc(F)c(N=C(N)C2=C(NC3CCOC3)CCN(C(C)=O)C2)cc1N. The average molecular weight is 444 g/mol. The molecule has 2 heterocycles. The summed E-state index contributed by atoms with van der Waals surface area (Å²) in [6, 6.07) is 2.84. The van der Waals surface area contributed by atoms with E-state index in [2.05, 4.69) is 15.3 Å². The van der Waals surface area contributed by atoms with E-state index in [4.69, 9.17) is 21.9 Å². The molecular formula is C22H30FN7O2. The summed E-state index contributed by atoms with van der Waals surface area (Å²) in [6.07, 6.45) is 4.29. The minimum Gasteiger partial charge on any atom is -0.404 e.